The Kier molecular flexibility index (Phi) is 11.3. The van der Waals surface area contributed by atoms with Gasteiger partial charge in [0, 0.05) is 6.54 Å². The summed E-state index contributed by atoms with van der Waals surface area (Å²) in [5.41, 5.74) is 0.284. The van der Waals surface area contributed by atoms with E-state index >= 15 is 0 Å². The predicted octanol–water partition coefficient (Wildman–Crippen LogP) is 2.93. The third-order valence-corrected chi connectivity index (χ3v) is 4.51. The molecule has 1 aliphatic heterocycles. The van der Waals surface area contributed by atoms with Crippen LogP contribution < -0.4 is 4.74 Å². The molecule has 0 fully saturated rings. The summed E-state index contributed by atoms with van der Waals surface area (Å²) in [7, 11) is 1.30. The van der Waals surface area contributed by atoms with Crippen LogP contribution in [0.4, 0.5) is 4.79 Å². The smallest absolute Gasteiger partial charge is 0.409 e. The van der Waals surface area contributed by atoms with Crippen LogP contribution >= 0.6 is 28.6 Å². The minimum Gasteiger partial charge on any atom is -0.500 e. The average Bonchev–Trinajstić information content (AvgIpc) is 2.72. The Labute approximate surface area is 190 Å². The largest absolute Gasteiger partial charge is 0.500 e. The molecule has 0 saturated heterocycles. The SMILES string of the molecule is COC(=O)c1ccc(Br)c(OCC2=[N+]([C-]=O)CCN(C(=O)OC(C)(C)C)C2)c1.CS.[Fm]. The van der Waals surface area contributed by atoms with Crippen LogP contribution in [-0.4, -0.2) is 78.9 Å². The molecule has 0 unspecified atom stereocenters. The molecule has 0 aromatic heterocycles. The van der Waals surface area contributed by atoms with Gasteiger partial charge in [-0.05, 0) is 61.2 Å². The molecule has 2 rings (SSSR count). The molecular weight excluding hydrogens is 733 g/mol. The van der Waals surface area contributed by atoms with E-state index in [1.54, 1.807) is 45.2 Å². The third kappa shape index (κ3) is 8.29. The topological polar surface area (TPSA) is 85.2 Å². The van der Waals surface area contributed by atoms with Gasteiger partial charge in [-0.3, -0.25) is 0 Å². The monoisotopic (exact) mass is 759 g/mol. The molecule has 8 nitrogen and oxygen atoms in total. The number of esters is 1. The predicted molar refractivity (Wildman–Crippen MR) is 120 cm³/mol. The van der Waals surface area contributed by atoms with Crippen molar-refractivity contribution in [1.29, 1.82) is 0 Å². The van der Waals surface area contributed by atoms with Crippen molar-refractivity contribution in [2.75, 3.05) is 39.6 Å². The first-order valence-electron chi connectivity index (χ1n) is 9.08. The molecule has 0 atom stereocenters. The number of rotatable bonds is 5. The van der Waals surface area contributed by atoms with E-state index < -0.39 is 17.7 Å². The normalized spacial score (nSPS) is 13.3. The molecule has 31 heavy (non-hydrogen) atoms. The van der Waals surface area contributed by atoms with E-state index in [9.17, 15) is 14.4 Å². The van der Waals surface area contributed by atoms with Crippen molar-refractivity contribution in [3.63, 3.8) is 0 Å². The van der Waals surface area contributed by atoms with Gasteiger partial charge in [-0.15, -0.1) is 0 Å². The molecule has 0 radical (unpaired) electrons. The number of benzene rings is 1. The van der Waals surface area contributed by atoms with E-state index in [1.807, 2.05) is 6.41 Å². The van der Waals surface area contributed by atoms with Crippen molar-refractivity contribution in [3.05, 3.63) is 28.2 Å². The molecule has 0 N–H and O–H groups in total. The number of carbonyl (C=O) groups is 2. The summed E-state index contributed by atoms with van der Waals surface area (Å²) in [5.74, 6) is -0.0720. The fourth-order valence-corrected chi connectivity index (χ4v) is 2.86. The molecule has 0 saturated carbocycles. The van der Waals surface area contributed by atoms with Gasteiger partial charge < -0.3 is 28.5 Å². The second-order valence-corrected chi connectivity index (χ2v) is 7.99. The molecule has 1 aliphatic rings. The number of carbonyl (C=O) groups excluding carboxylic acids is 3. The maximum absolute atomic E-state index is 12.3. The van der Waals surface area contributed by atoms with E-state index in [2.05, 4.69) is 28.6 Å². The Bertz CT molecular complexity index is 813. The Morgan fingerprint density at radius 1 is 1.29 bits per heavy atom. The first-order chi connectivity index (χ1) is 14.1. The van der Waals surface area contributed by atoms with Gasteiger partial charge >= 0.3 is 12.1 Å². The molecule has 0 aliphatic carbocycles. The van der Waals surface area contributed by atoms with E-state index in [4.69, 9.17) is 14.2 Å². The molecule has 11 heteroatoms. The second kappa shape index (κ2) is 12.6. The van der Waals surface area contributed by atoms with Gasteiger partial charge in [0.05, 0.1) is 29.4 Å². The molecule has 1 aromatic rings. The van der Waals surface area contributed by atoms with Crippen molar-refractivity contribution in [2.24, 2.45) is 0 Å². The first kappa shape index (κ1) is 27.9. The van der Waals surface area contributed by atoms with Crippen molar-refractivity contribution in [2.45, 2.75) is 26.4 Å². The fraction of sp³-hybridized carbons (Fsp3) is 0.500. The number of hydrogen-bond donors (Lipinski definition) is 1. The van der Waals surface area contributed by atoms with Crippen molar-refractivity contribution in [3.8, 4) is 5.75 Å². The van der Waals surface area contributed by atoms with Crippen LogP contribution in [0.15, 0.2) is 22.7 Å². The van der Waals surface area contributed by atoms with Gasteiger partial charge in [0.25, 0.3) is 6.41 Å². The van der Waals surface area contributed by atoms with Crippen molar-refractivity contribution >= 4 is 52.7 Å². The van der Waals surface area contributed by atoms with Gasteiger partial charge in [0.15, 0.2) is 0 Å². The Morgan fingerprint density at radius 2 is 1.94 bits per heavy atom. The van der Waals surface area contributed by atoms with Crippen LogP contribution in [0.3, 0.4) is 0 Å². The van der Waals surface area contributed by atoms with Gasteiger partial charge in [0.2, 0.25) is 0 Å². The summed E-state index contributed by atoms with van der Waals surface area (Å²) in [6.07, 6.45) is 3.09. The number of halogens is 1. The molecule has 1 aromatic carbocycles. The quantitative estimate of drug-likeness (QED) is 0.215. The van der Waals surface area contributed by atoms with E-state index in [-0.39, 0.29) is 13.2 Å². The van der Waals surface area contributed by atoms with Crippen LogP contribution in [0.5, 0.6) is 5.75 Å². The minimum atomic E-state index is -0.610. The zero-order valence-corrected chi connectivity index (χ0v) is 22.9. The number of hydrogen-bond acceptors (Lipinski definition) is 7. The summed E-state index contributed by atoms with van der Waals surface area (Å²) < 4.78 is 17.9. The molecule has 2 amide bonds. The van der Waals surface area contributed by atoms with Crippen LogP contribution in [-0.2, 0) is 14.3 Å². The van der Waals surface area contributed by atoms with Gasteiger partial charge in [0.1, 0.15) is 24.5 Å². The van der Waals surface area contributed by atoms with Gasteiger partial charge in [-0.1, -0.05) is 0 Å². The van der Waals surface area contributed by atoms with Crippen molar-refractivity contribution in [1.82, 2.24) is 4.90 Å². The summed E-state index contributed by atoms with van der Waals surface area (Å²) in [5, 5.41) is 0. The third-order valence-electron chi connectivity index (χ3n) is 3.86. The average molecular weight is 760 g/mol. The first-order valence-corrected chi connectivity index (χ1v) is 10.8. The molecular formula is C20H27BrFmN2O6S. The van der Waals surface area contributed by atoms with Gasteiger partial charge in [-0.2, -0.15) is 12.6 Å². The fourth-order valence-electron chi connectivity index (χ4n) is 2.50. The second-order valence-electron chi connectivity index (χ2n) is 7.14. The van der Waals surface area contributed by atoms with E-state index in [0.29, 0.717) is 34.6 Å². The Morgan fingerprint density at radius 3 is 2.48 bits per heavy atom. The number of nitrogens with zero attached hydrogens (tertiary/aromatic N) is 2. The maximum Gasteiger partial charge on any atom is 0.409 e. The molecule has 178 valence electrons. The summed E-state index contributed by atoms with van der Waals surface area (Å²) in [6, 6.07) is 4.82. The summed E-state index contributed by atoms with van der Waals surface area (Å²) in [6.45, 7) is 6.23. The Balaban J connectivity index is 0.00000291. The summed E-state index contributed by atoms with van der Waals surface area (Å²) >= 11 is 6.89. The zero-order chi connectivity index (χ0) is 22.9. The molecule has 0 bridgehead atoms. The summed E-state index contributed by atoms with van der Waals surface area (Å²) in [4.78, 5) is 36.8. The number of thiol groups is 1. The van der Waals surface area contributed by atoms with E-state index in [1.165, 1.54) is 16.6 Å². The van der Waals surface area contributed by atoms with Crippen LogP contribution in [0.25, 0.3) is 0 Å². The standard InChI is InChI=1S/C19H23BrN2O6.CH4S.Fm/c1-19(2,3)28-18(25)21-7-8-22(12-23)14(10-21)11-27-16-9-13(17(24)26-4)5-6-15(16)20;1-2;/h5-6,9H,7-8,10-11H2,1-4H3;2H,1H3;. The molecule has 1 heterocycles. The van der Waals surface area contributed by atoms with Crippen LogP contribution in [0.2, 0.25) is 0 Å². The van der Waals surface area contributed by atoms with Crippen molar-refractivity contribution < 1.29 is 33.2 Å². The number of ether oxygens (including phenoxy) is 3. The van der Waals surface area contributed by atoms with Crippen LogP contribution in [0.1, 0.15) is 31.1 Å². The molecule has 0 spiro atoms. The van der Waals surface area contributed by atoms with E-state index in [0.717, 1.165) is 0 Å². The minimum absolute atomic E-state index is 0. The zero-order valence-electron chi connectivity index (χ0n) is 18.0. The van der Waals surface area contributed by atoms with Gasteiger partial charge in [-0.25, -0.2) is 9.59 Å². The van der Waals surface area contributed by atoms with Crippen LogP contribution in [0, 0.1) is 0 Å². The number of amides is 2. The Hall–Kier alpha value is -3.07. The number of methoxy groups -OCH3 is 1. The maximum atomic E-state index is 12.3.